The number of aromatic nitrogens is 2. The third-order valence-corrected chi connectivity index (χ3v) is 4.75. The van der Waals surface area contributed by atoms with Crippen LogP contribution >= 0.6 is 0 Å². The largest absolute Gasteiger partial charge is 0.497 e. The first-order chi connectivity index (χ1) is 14.5. The molecule has 0 saturated carbocycles. The van der Waals surface area contributed by atoms with Gasteiger partial charge in [0.05, 0.1) is 18.2 Å². The molecule has 0 aliphatic carbocycles. The monoisotopic (exact) mass is 403 g/mol. The molecule has 0 fully saturated rings. The Morgan fingerprint density at radius 1 is 1.03 bits per heavy atom. The predicted octanol–water partition coefficient (Wildman–Crippen LogP) is 4.09. The van der Waals surface area contributed by atoms with Crippen LogP contribution in [0.3, 0.4) is 0 Å². The molecule has 6 nitrogen and oxygen atoms in total. The molecular formula is C23H18FN3O3. The smallest absolute Gasteiger partial charge is 0.279 e. The van der Waals surface area contributed by atoms with Crippen LogP contribution in [0.1, 0.15) is 16.1 Å². The molecule has 4 rings (SSSR count). The maximum atomic E-state index is 13.9. The number of halogens is 1. The number of carbonyl (C=O) groups excluding carboxylic acids is 1. The van der Waals surface area contributed by atoms with E-state index in [0.717, 1.165) is 4.68 Å². The van der Waals surface area contributed by atoms with Crippen LogP contribution in [0.2, 0.25) is 0 Å². The van der Waals surface area contributed by atoms with E-state index >= 15 is 0 Å². The van der Waals surface area contributed by atoms with Crippen molar-refractivity contribution in [3.05, 3.63) is 94.2 Å². The quantitative estimate of drug-likeness (QED) is 0.557. The minimum atomic E-state index is -0.550. The van der Waals surface area contributed by atoms with Gasteiger partial charge in [0.1, 0.15) is 11.6 Å². The van der Waals surface area contributed by atoms with Gasteiger partial charge in [-0.2, -0.15) is 9.78 Å². The molecular weight excluding hydrogens is 385 g/mol. The Morgan fingerprint density at radius 2 is 1.80 bits per heavy atom. The van der Waals surface area contributed by atoms with Crippen LogP contribution in [0.15, 0.2) is 71.5 Å². The van der Waals surface area contributed by atoms with Gasteiger partial charge < -0.3 is 10.1 Å². The van der Waals surface area contributed by atoms with Crippen molar-refractivity contribution < 1.29 is 13.9 Å². The van der Waals surface area contributed by atoms with Gasteiger partial charge >= 0.3 is 0 Å². The van der Waals surface area contributed by atoms with E-state index in [2.05, 4.69) is 10.4 Å². The zero-order chi connectivity index (χ0) is 21.3. The fourth-order valence-corrected chi connectivity index (χ4v) is 3.14. The summed E-state index contributed by atoms with van der Waals surface area (Å²) < 4.78 is 20.3. The summed E-state index contributed by atoms with van der Waals surface area (Å²) in [6, 6.07) is 18.0. The summed E-state index contributed by atoms with van der Waals surface area (Å²) in [7, 11) is 1.52. The Bertz CT molecular complexity index is 1330. The van der Waals surface area contributed by atoms with Gasteiger partial charge in [-0.3, -0.25) is 9.59 Å². The first-order valence-corrected chi connectivity index (χ1v) is 9.22. The first-order valence-electron chi connectivity index (χ1n) is 9.22. The van der Waals surface area contributed by atoms with Crippen molar-refractivity contribution in [1.29, 1.82) is 0 Å². The number of hydrogen-bond donors (Lipinski definition) is 1. The van der Waals surface area contributed by atoms with E-state index in [1.807, 2.05) is 0 Å². The summed E-state index contributed by atoms with van der Waals surface area (Å²) >= 11 is 0. The van der Waals surface area contributed by atoms with Crippen molar-refractivity contribution in [2.24, 2.45) is 0 Å². The Kier molecular flexibility index (Phi) is 5.02. The highest BCUT2D eigenvalue weighted by molar-refractivity contribution is 6.11. The number of ether oxygens (including phenoxy) is 1. The standard InChI is InChI=1S/C23H18FN3O3/c1-14-10-11-15(12-20(14)24)25-22(28)21-18-8-3-4-9-19(18)23(29)27(26-21)16-6-5-7-17(13-16)30-2/h3-13H,1-2H3,(H,25,28). The molecule has 0 spiro atoms. The summed E-state index contributed by atoms with van der Waals surface area (Å²) in [5.41, 5.74) is 0.919. The maximum absolute atomic E-state index is 13.9. The molecule has 1 amide bonds. The molecule has 1 heterocycles. The lowest BCUT2D eigenvalue weighted by atomic mass is 10.1. The van der Waals surface area contributed by atoms with E-state index in [9.17, 15) is 14.0 Å². The van der Waals surface area contributed by atoms with Crippen molar-refractivity contribution in [2.45, 2.75) is 6.92 Å². The molecule has 0 bridgehead atoms. The van der Waals surface area contributed by atoms with E-state index in [-0.39, 0.29) is 11.3 Å². The highest BCUT2D eigenvalue weighted by atomic mass is 19.1. The second-order valence-electron chi connectivity index (χ2n) is 6.73. The lowest BCUT2D eigenvalue weighted by Crippen LogP contribution is -2.26. The normalized spacial score (nSPS) is 10.8. The van der Waals surface area contributed by atoms with Gasteiger partial charge in [0, 0.05) is 17.1 Å². The number of methoxy groups -OCH3 is 1. The van der Waals surface area contributed by atoms with E-state index in [1.165, 1.54) is 13.2 Å². The molecule has 4 aromatic rings. The lowest BCUT2D eigenvalue weighted by molar-refractivity contribution is 0.102. The average Bonchev–Trinajstić information content (AvgIpc) is 2.76. The number of fused-ring (bicyclic) bond motifs is 1. The number of amides is 1. The molecule has 7 heteroatoms. The van der Waals surface area contributed by atoms with Crippen molar-refractivity contribution in [3.63, 3.8) is 0 Å². The molecule has 0 radical (unpaired) electrons. The van der Waals surface area contributed by atoms with E-state index in [4.69, 9.17) is 4.74 Å². The minimum Gasteiger partial charge on any atom is -0.497 e. The number of rotatable bonds is 4. The number of benzene rings is 3. The molecule has 0 aliphatic heterocycles. The second kappa shape index (κ2) is 7.79. The highest BCUT2D eigenvalue weighted by Gasteiger charge is 2.18. The fourth-order valence-electron chi connectivity index (χ4n) is 3.14. The zero-order valence-electron chi connectivity index (χ0n) is 16.3. The van der Waals surface area contributed by atoms with Crippen LogP contribution in [-0.4, -0.2) is 22.8 Å². The van der Waals surface area contributed by atoms with Crippen LogP contribution in [0.4, 0.5) is 10.1 Å². The van der Waals surface area contributed by atoms with Crippen molar-refractivity contribution in [2.75, 3.05) is 12.4 Å². The van der Waals surface area contributed by atoms with Gasteiger partial charge in [0.2, 0.25) is 0 Å². The maximum Gasteiger partial charge on any atom is 0.279 e. The van der Waals surface area contributed by atoms with Gasteiger partial charge in [-0.25, -0.2) is 4.39 Å². The van der Waals surface area contributed by atoms with E-state index in [1.54, 1.807) is 67.6 Å². The molecule has 150 valence electrons. The molecule has 1 aromatic heterocycles. The summed E-state index contributed by atoms with van der Waals surface area (Å²) in [5, 5.41) is 7.73. The van der Waals surface area contributed by atoms with Crippen LogP contribution in [0.5, 0.6) is 5.75 Å². The Balaban J connectivity index is 1.86. The minimum absolute atomic E-state index is 0.0500. The van der Waals surface area contributed by atoms with E-state index < -0.39 is 11.7 Å². The molecule has 30 heavy (non-hydrogen) atoms. The first kappa shape index (κ1) is 19.3. The number of hydrogen-bond acceptors (Lipinski definition) is 4. The number of nitrogens with zero attached hydrogens (tertiary/aromatic N) is 2. The van der Waals surface area contributed by atoms with Crippen molar-refractivity contribution >= 4 is 22.4 Å². The summed E-state index contributed by atoms with van der Waals surface area (Å²) in [6.07, 6.45) is 0. The van der Waals surface area contributed by atoms with Crippen LogP contribution in [-0.2, 0) is 0 Å². The van der Waals surface area contributed by atoms with Crippen LogP contribution in [0, 0.1) is 12.7 Å². The number of carbonyl (C=O) groups is 1. The third kappa shape index (κ3) is 3.53. The molecule has 0 atom stereocenters. The Hall–Kier alpha value is -4.00. The van der Waals surface area contributed by atoms with Crippen LogP contribution in [0.25, 0.3) is 16.5 Å². The predicted molar refractivity (Wildman–Crippen MR) is 113 cm³/mol. The summed E-state index contributed by atoms with van der Waals surface area (Å²) in [6.45, 7) is 1.64. The Labute approximate surface area is 171 Å². The molecule has 1 N–H and O–H groups in total. The zero-order valence-corrected chi connectivity index (χ0v) is 16.3. The number of nitrogens with one attached hydrogen (secondary N) is 1. The Morgan fingerprint density at radius 3 is 2.53 bits per heavy atom. The summed E-state index contributed by atoms with van der Waals surface area (Å²) in [5.74, 6) is -0.423. The number of anilines is 1. The van der Waals surface area contributed by atoms with Gasteiger partial charge in [-0.1, -0.05) is 30.3 Å². The van der Waals surface area contributed by atoms with E-state index in [0.29, 0.717) is 33.5 Å². The highest BCUT2D eigenvalue weighted by Crippen LogP contribution is 2.20. The number of aryl methyl sites for hydroxylation is 1. The second-order valence-corrected chi connectivity index (χ2v) is 6.73. The molecule has 3 aromatic carbocycles. The summed E-state index contributed by atoms with van der Waals surface area (Å²) in [4.78, 5) is 26.0. The topological polar surface area (TPSA) is 73.2 Å². The van der Waals surface area contributed by atoms with Crippen molar-refractivity contribution in [3.8, 4) is 11.4 Å². The van der Waals surface area contributed by atoms with Crippen LogP contribution < -0.4 is 15.6 Å². The fraction of sp³-hybridized carbons (Fsp3) is 0.0870. The van der Waals surface area contributed by atoms with Gasteiger partial charge in [0.25, 0.3) is 11.5 Å². The average molecular weight is 403 g/mol. The lowest BCUT2D eigenvalue weighted by Gasteiger charge is -2.12. The SMILES string of the molecule is COc1cccc(-n2nc(C(=O)Nc3ccc(C)c(F)c3)c3ccccc3c2=O)c1. The van der Waals surface area contributed by atoms with Gasteiger partial charge in [0.15, 0.2) is 5.69 Å². The molecule has 0 aliphatic rings. The van der Waals surface area contributed by atoms with Gasteiger partial charge in [-0.05, 0) is 42.8 Å². The van der Waals surface area contributed by atoms with Gasteiger partial charge in [-0.15, -0.1) is 0 Å². The molecule has 0 saturated heterocycles. The third-order valence-electron chi connectivity index (χ3n) is 4.75. The van der Waals surface area contributed by atoms with Crippen molar-refractivity contribution in [1.82, 2.24) is 9.78 Å². The molecule has 0 unspecified atom stereocenters.